The van der Waals surface area contributed by atoms with E-state index < -0.39 is 11.7 Å². The maximum absolute atomic E-state index is 13.3. The molecular formula is C18H26F3N5O2. The molecule has 0 spiro atoms. The SMILES string of the molecule is O=C1CCOCCN1CCCNc1nc(NC2CCCC2)ncc1C(F)(F)F. The highest BCUT2D eigenvalue weighted by Crippen LogP contribution is 2.34. The number of hydrogen-bond donors (Lipinski definition) is 2. The molecule has 1 saturated carbocycles. The zero-order valence-corrected chi connectivity index (χ0v) is 15.7. The number of carbonyl (C=O) groups excluding carboxylic acids is 1. The lowest BCUT2D eigenvalue weighted by atomic mass is 10.2. The summed E-state index contributed by atoms with van der Waals surface area (Å²) in [4.78, 5) is 21.5. The average Bonchev–Trinajstić information content (AvgIpc) is 3.06. The molecule has 0 aromatic carbocycles. The molecule has 2 heterocycles. The number of hydrogen-bond acceptors (Lipinski definition) is 6. The van der Waals surface area contributed by atoms with Crippen LogP contribution in [0.3, 0.4) is 0 Å². The van der Waals surface area contributed by atoms with E-state index in [2.05, 4.69) is 20.6 Å². The molecule has 2 aliphatic rings. The van der Waals surface area contributed by atoms with Crippen molar-refractivity contribution in [3.8, 4) is 0 Å². The number of nitrogens with one attached hydrogen (secondary N) is 2. The number of aromatic nitrogens is 2. The van der Waals surface area contributed by atoms with E-state index in [0.717, 1.165) is 31.9 Å². The molecule has 1 aliphatic carbocycles. The molecule has 0 bridgehead atoms. The fraction of sp³-hybridized carbons (Fsp3) is 0.722. The number of anilines is 2. The minimum atomic E-state index is -4.54. The van der Waals surface area contributed by atoms with Gasteiger partial charge >= 0.3 is 6.18 Å². The molecule has 1 saturated heterocycles. The predicted molar refractivity (Wildman–Crippen MR) is 98.0 cm³/mol. The molecule has 2 fully saturated rings. The van der Waals surface area contributed by atoms with Crippen molar-refractivity contribution in [2.24, 2.45) is 0 Å². The van der Waals surface area contributed by atoms with Crippen LogP contribution in [0, 0.1) is 0 Å². The van der Waals surface area contributed by atoms with Gasteiger partial charge in [-0.05, 0) is 19.3 Å². The number of halogens is 3. The Hall–Kier alpha value is -2.10. The van der Waals surface area contributed by atoms with E-state index in [0.29, 0.717) is 39.1 Å². The van der Waals surface area contributed by atoms with Crippen molar-refractivity contribution in [3.63, 3.8) is 0 Å². The summed E-state index contributed by atoms with van der Waals surface area (Å²) in [6.07, 6.45) is 1.29. The molecule has 1 aromatic rings. The van der Waals surface area contributed by atoms with Gasteiger partial charge in [0.15, 0.2) is 0 Å². The van der Waals surface area contributed by atoms with Crippen molar-refractivity contribution in [2.45, 2.75) is 50.7 Å². The van der Waals surface area contributed by atoms with Crippen molar-refractivity contribution in [3.05, 3.63) is 11.8 Å². The zero-order valence-electron chi connectivity index (χ0n) is 15.7. The monoisotopic (exact) mass is 401 g/mol. The van der Waals surface area contributed by atoms with Crippen LogP contribution in [0.25, 0.3) is 0 Å². The van der Waals surface area contributed by atoms with Gasteiger partial charge in [-0.3, -0.25) is 4.79 Å². The van der Waals surface area contributed by atoms with Crippen LogP contribution in [0.5, 0.6) is 0 Å². The lowest BCUT2D eigenvalue weighted by molar-refractivity contribution is -0.137. The third-order valence-corrected chi connectivity index (χ3v) is 5.00. The summed E-state index contributed by atoms with van der Waals surface area (Å²) in [6, 6.07) is 0.209. The second kappa shape index (κ2) is 9.40. The highest BCUT2D eigenvalue weighted by Gasteiger charge is 2.35. The lowest BCUT2D eigenvalue weighted by Gasteiger charge is -2.20. The fourth-order valence-electron chi connectivity index (χ4n) is 3.48. The first-order valence-electron chi connectivity index (χ1n) is 9.73. The van der Waals surface area contributed by atoms with Crippen LogP contribution in [0.4, 0.5) is 24.9 Å². The topological polar surface area (TPSA) is 79.4 Å². The molecule has 0 unspecified atom stereocenters. The largest absolute Gasteiger partial charge is 0.421 e. The van der Waals surface area contributed by atoms with E-state index in [1.54, 1.807) is 4.90 Å². The molecule has 1 aliphatic heterocycles. The minimum Gasteiger partial charge on any atom is -0.379 e. The number of ether oxygens (including phenoxy) is 1. The standard InChI is InChI=1S/C18H26F3N5O2/c19-18(20,21)14-12-23-17(24-13-4-1-2-5-13)25-16(14)22-7-3-8-26-9-11-28-10-6-15(26)27/h12-13H,1-11H2,(H2,22,23,24,25). The Kier molecular flexibility index (Phi) is 6.93. The lowest BCUT2D eigenvalue weighted by Crippen LogP contribution is -2.33. The van der Waals surface area contributed by atoms with E-state index in [-0.39, 0.29) is 30.3 Å². The van der Waals surface area contributed by atoms with Crippen LogP contribution in [0.1, 0.15) is 44.1 Å². The predicted octanol–water partition coefficient (Wildman–Crippen LogP) is 2.90. The summed E-state index contributed by atoms with van der Waals surface area (Å²) in [5.41, 5.74) is -0.885. The number of rotatable bonds is 7. The average molecular weight is 401 g/mol. The van der Waals surface area contributed by atoms with Crippen LogP contribution in [0.15, 0.2) is 6.20 Å². The van der Waals surface area contributed by atoms with Gasteiger partial charge in [0, 0.05) is 31.9 Å². The van der Waals surface area contributed by atoms with Gasteiger partial charge in [-0.2, -0.15) is 18.2 Å². The number of alkyl halides is 3. The molecule has 2 N–H and O–H groups in total. The molecule has 0 radical (unpaired) electrons. The number of carbonyl (C=O) groups is 1. The highest BCUT2D eigenvalue weighted by atomic mass is 19.4. The van der Waals surface area contributed by atoms with Crippen molar-refractivity contribution >= 4 is 17.7 Å². The van der Waals surface area contributed by atoms with E-state index in [1.807, 2.05) is 0 Å². The van der Waals surface area contributed by atoms with Crippen LogP contribution < -0.4 is 10.6 Å². The smallest absolute Gasteiger partial charge is 0.379 e. The maximum atomic E-state index is 13.3. The van der Waals surface area contributed by atoms with Gasteiger partial charge in [0.05, 0.1) is 19.6 Å². The Balaban J connectivity index is 1.59. The highest BCUT2D eigenvalue weighted by molar-refractivity contribution is 5.76. The van der Waals surface area contributed by atoms with Gasteiger partial charge in [-0.25, -0.2) is 4.98 Å². The van der Waals surface area contributed by atoms with Gasteiger partial charge in [-0.1, -0.05) is 12.8 Å². The summed E-state index contributed by atoms with van der Waals surface area (Å²) < 4.78 is 45.1. The molecular weight excluding hydrogens is 375 g/mol. The summed E-state index contributed by atoms with van der Waals surface area (Å²) in [6.45, 7) is 2.15. The molecule has 1 amide bonds. The Morgan fingerprint density at radius 3 is 2.79 bits per heavy atom. The van der Waals surface area contributed by atoms with Gasteiger partial charge in [0.1, 0.15) is 11.4 Å². The molecule has 1 aromatic heterocycles. The first kappa shape index (κ1) is 20.6. The minimum absolute atomic E-state index is 0.0126. The summed E-state index contributed by atoms with van der Waals surface area (Å²) in [5, 5.41) is 5.89. The Labute approximate surface area is 162 Å². The van der Waals surface area contributed by atoms with Crippen molar-refractivity contribution in [1.29, 1.82) is 0 Å². The van der Waals surface area contributed by atoms with E-state index in [9.17, 15) is 18.0 Å². The summed E-state index contributed by atoms with van der Waals surface area (Å²) in [7, 11) is 0. The Morgan fingerprint density at radius 1 is 1.25 bits per heavy atom. The maximum Gasteiger partial charge on any atom is 0.421 e. The van der Waals surface area contributed by atoms with E-state index in [1.165, 1.54) is 0 Å². The third-order valence-electron chi connectivity index (χ3n) is 5.00. The number of amides is 1. The van der Waals surface area contributed by atoms with E-state index >= 15 is 0 Å². The Morgan fingerprint density at radius 2 is 2.04 bits per heavy atom. The normalized spacial score (nSPS) is 19.0. The molecule has 3 rings (SSSR count). The van der Waals surface area contributed by atoms with Crippen LogP contribution in [0.2, 0.25) is 0 Å². The molecule has 7 nitrogen and oxygen atoms in total. The summed E-state index contributed by atoms with van der Waals surface area (Å²) in [5.74, 6) is -0.00525. The van der Waals surface area contributed by atoms with Gasteiger partial charge in [0.2, 0.25) is 11.9 Å². The number of nitrogens with zero attached hydrogens (tertiary/aromatic N) is 3. The third kappa shape index (κ3) is 5.70. The Bertz CT molecular complexity index is 665. The molecule has 10 heteroatoms. The van der Waals surface area contributed by atoms with Crippen molar-refractivity contribution in [2.75, 3.05) is 43.5 Å². The second-order valence-corrected chi connectivity index (χ2v) is 7.10. The van der Waals surface area contributed by atoms with E-state index in [4.69, 9.17) is 4.74 Å². The second-order valence-electron chi connectivity index (χ2n) is 7.10. The van der Waals surface area contributed by atoms with Crippen molar-refractivity contribution < 1.29 is 22.7 Å². The summed E-state index contributed by atoms with van der Waals surface area (Å²) >= 11 is 0. The van der Waals surface area contributed by atoms with Gasteiger partial charge < -0.3 is 20.3 Å². The van der Waals surface area contributed by atoms with Crippen LogP contribution in [-0.2, 0) is 15.7 Å². The van der Waals surface area contributed by atoms with Gasteiger partial charge in [-0.15, -0.1) is 0 Å². The first-order chi connectivity index (χ1) is 13.4. The fourth-order valence-corrected chi connectivity index (χ4v) is 3.48. The molecule has 156 valence electrons. The quantitative estimate of drug-likeness (QED) is 0.684. The first-order valence-corrected chi connectivity index (χ1v) is 9.73. The molecule has 28 heavy (non-hydrogen) atoms. The molecule has 0 atom stereocenters. The van der Waals surface area contributed by atoms with Gasteiger partial charge in [0.25, 0.3) is 0 Å². The zero-order chi connectivity index (χ0) is 20.0. The van der Waals surface area contributed by atoms with Crippen molar-refractivity contribution in [1.82, 2.24) is 14.9 Å². The van der Waals surface area contributed by atoms with Crippen LogP contribution in [-0.4, -0.2) is 59.7 Å². The van der Waals surface area contributed by atoms with Crippen LogP contribution >= 0.6 is 0 Å².